The molecule has 2 aromatic carbocycles. The minimum Gasteiger partial charge on any atom is -0.493 e. The Morgan fingerprint density at radius 1 is 1.11 bits per heavy atom. The van der Waals surface area contributed by atoms with E-state index in [9.17, 15) is 0 Å². The molecular weight excluding hydrogens is 222 g/mol. The minimum absolute atomic E-state index is 0.643. The number of nitrogens with one attached hydrogen (secondary N) is 1. The number of benzene rings is 2. The van der Waals surface area contributed by atoms with Crippen molar-refractivity contribution in [3.05, 3.63) is 42.5 Å². The van der Waals surface area contributed by atoms with Gasteiger partial charge in [-0.25, -0.2) is 0 Å². The SMILES string of the molecule is CNCC(C)CCOc1cccc2ccccc12. The molecule has 0 aliphatic rings. The van der Waals surface area contributed by atoms with Gasteiger partial charge in [0.2, 0.25) is 0 Å². The molecule has 1 unspecified atom stereocenters. The van der Waals surface area contributed by atoms with E-state index in [1.165, 1.54) is 10.8 Å². The summed E-state index contributed by atoms with van der Waals surface area (Å²) in [6.45, 7) is 4.05. The highest BCUT2D eigenvalue weighted by Gasteiger charge is 2.03. The number of ether oxygens (including phenoxy) is 1. The van der Waals surface area contributed by atoms with Crippen molar-refractivity contribution < 1.29 is 4.74 Å². The van der Waals surface area contributed by atoms with Crippen LogP contribution in [0.25, 0.3) is 10.8 Å². The van der Waals surface area contributed by atoms with Crippen molar-refractivity contribution in [3.8, 4) is 5.75 Å². The van der Waals surface area contributed by atoms with Crippen LogP contribution in [0.2, 0.25) is 0 Å². The third-order valence-electron chi connectivity index (χ3n) is 3.17. The first-order valence-corrected chi connectivity index (χ1v) is 6.56. The fourth-order valence-electron chi connectivity index (χ4n) is 2.14. The molecule has 0 fully saturated rings. The van der Waals surface area contributed by atoms with Crippen molar-refractivity contribution in [2.45, 2.75) is 13.3 Å². The van der Waals surface area contributed by atoms with Crippen LogP contribution in [0.15, 0.2) is 42.5 Å². The second kappa shape index (κ2) is 6.41. The first-order chi connectivity index (χ1) is 8.81. The van der Waals surface area contributed by atoms with Gasteiger partial charge in [-0.2, -0.15) is 0 Å². The van der Waals surface area contributed by atoms with Gasteiger partial charge in [-0.05, 0) is 37.4 Å². The molecule has 0 bridgehead atoms. The predicted octanol–water partition coefficient (Wildman–Crippen LogP) is 3.46. The quantitative estimate of drug-likeness (QED) is 0.839. The molecule has 1 N–H and O–H groups in total. The second-order valence-corrected chi connectivity index (χ2v) is 4.78. The Labute approximate surface area is 109 Å². The number of hydrogen-bond acceptors (Lipinski definition) is 2. The van der Waals surface area contributed by atoms with Crippen LogP contribution in [0.3, 0.4) is 0 Å². The Morgan fingerprint density at radius 2 is 1.89 bits per heavy atom. The lowest BCUT2D eigenvalue weighted by molar-refractivity contribution is 0.285. The van der Waals surface area contributed by atoms with E-state index < -0.39 is 0 Å². The molecule has 0 radical (unpaired) electrons. The monoisotopic (exact) mass is 243 g/mol. The van der Waals surface area contributed by atoms with Crippen molar-refractivity contribution in [1.29, 1.82) is 0 Å². The molecule has 0 saturated carbocycles. The third-order valence-corrected chi connectivity index (χ3v) is 3.17. The zero-order valence-corrected chi connectivity index (χ0v) is 11.1. The lowest BCUT2D eigenvalue weighted by Crippen LogP contribution is -2.18. The molecule has 0 heterocycles. The summed E-state index contributed by atoms with van der Waals surface area (Å²) in [5.41, 5.74) is 0. The molecule has 2 nitrogen and oxygen atoms in total. The second-order valence-electron chi connectivity index (χ2n) is 4.78. The Kier molecular flexibility index (Phi) is 4.59. The number of hydrogen-bond donors (Lipinski definition) is 1. The fourth-order valence-corrected chi connectivity index (χ4v) is 2.14. The summed E-state index contributed by atoms with van der Waals surface area (Å²) >= 11 is 0. The van der Waals surface area contributed by atoms with Crippen molar-refractivity contribution in [2.75, 3.05) is 20.2 Å². The average molecular weight is 243 g/mol. The van der Waals surface area contributed by atoms with E-state index in [2.05, 4.69) is 48.6 Å². The Morgan fingerprint density at radius 3 is 2.72 bits per heavy atom. The van der Waals surface area contributed by atoms with E-state index >= 15 is 0 Å². The van der Waals surface area contributed by atoms with Crippen molar-refractivity contribution in [3.63, 3.8) is 0 Å². The third kappa shape index (κ3) is 3.23. The maximum Gasteiger partial charge on any atom is 0.127 e. The van der Waals surface area contributed by atoms with E-state index in [1.54, 1.807) is 0 Å². The van der Waals surface area contributed by atoms with Gasteiger partial charge in [-0.15, -0.1) is 0 Å². The average Bonchev–Trinajstić information content (AvgIpc) is 2.39. The van der Waals surface area contributed by atoms with Gasteiger partial charge in [0, 0.05) is 5.39 Å². The Hall–Kier alpha value is -1.54. The van der Waals surface area contributed by atoms with Gasteiger partial charge < -0.3 is 10.1 Å². The van der Waals surface area contributed by atoms with Crippen molar-refractivity contribution in [2.24, 2.45) is 5.92 Å². The van der Waals surface area contributed by atoms with E-state index in [4.69, 9.17) is 4.74 Å². The van der Waals surface area contributed by atoms with Gasteiger partial charge in [0.25, 0.3) is 0 Å². The molecule has 18 heavy (non-hydrogen) atoms. The van der Waals surface area contributed by atoms with Gasteiger partial charge in [0.1, 0.15) is 5.75 Å². The van der Waals surface area contributed by atoms with E-state index in [1.807, 2.05) is 13.1 Å². The molecular formula is C16H21NO. The van der Waals surface area contributed by atoms with Crippen LogP contribution in [0, 0.1) is 5.92 Å². The van der Waals surface area contributed by atoms with Gasteiger partial charge in [0.15, 0.2) is 0 Å². The maximum absolute atomic E-state index is 5.91. The highest BCUT2D eigenvalue weighted by atomic mass is 16.5. The molecule has 1 atom stereocenters. The highest BCUT2D eigenvalue weighted by molar-refractivity contribution is 5.88. The first kappa shape index (κ1) is 12.9. The summed E-state index contributed by atoms with van der Waals surface area (Å²) in [5.74, 6) is 1.63. The molecule has 0 saturated heterocycles. The van der Waals surface area contributed by atoms with Crippen LogP contribution in [-0.4, -0.2) is 20.2 Å². The lowest BCUT2D eigenvalue weighted by Gasteiger charge is -2.13. The topological polar surface area (TPSA) is 21.3 Å². The van der Waals surface area contributed by atoms with E-state index in [0.29, 0.717) is 5.92 Å². The van der Waals surface area contributed by atoms with Gasteiger partial charge in [-0.3, -0.25) is 0 Å². The fraction of sp³-hybridized carbons (Fsp3) is 0.375. The molecule has 0 aromatic heterocycles. The molecule has 2 heteroatoms. The zero-order valence-electron chi connectivity index (χ0n) is 11.1. The van der Waals surface area contributed by atoms with Crippen LogP contribution in [0.5, 0.6) is 5.75 Å². The summed E-state index contributed by atoms with van der Waals surface area (Å²) in [6, 6.07) is 14.6. The summed E-state index contributed by atoms with van der Waals surface area (Å²) in [5, 5.41) is 5.62. The molecule has 2 aromatic rings. The van der Waals surface area contributed by atoms with Crippen molar-refractivity contribution in [1.82, 2.24) is 5.32 Å². The standard InChI is InChI=1S/C16H21NO/c1-13(12-17-2)10-11-18-16-9-5-7-14-6-3-4-8-15(14)16/h3-9,13,17H,10-12H2,1-2H3. The predicted molar refractivity (Wildman–Crippen MR) is 77.2 cm³/mol. The molecule has 0 spiro atoms. The summed E-state index contributed by atoms with van der Waals surface area (Å²) in [4.78, 5) is 0. The first-order valence-electron chi connectivity index (χ1n) is 6.56. The lowest BCUT2D eigenvalue weighted by atomic mass is 10.1. The Bertz CT molecular complexity index is 490. The Balaban J connectivity index is 1.99. The van der Waals surface area contributed by atoms with Gasteiger partial charge >= 0.3 is 0 Å². The summed E-state index contributed by atoms with van der Waals surface area (Å²) < 4.78 is 5.91. The normalized spacial score (nSPS) is 12.6. The molecule has 0 aliphatic heterocycles. The summed E-state index contributed by atoms with van der Waals surface area (Å²) in [7, 11) is 1.99. The number of rotatable bonds is 6. The van der Waals surface area contributed by atoms with Gasteiger partial charge in [0.05, 0.1) is 6.61 Å². The largest absolute Gasteiger partial charge is 0.493 e. The zero-order chi connectivity index (χ0) is 12.8. The maximum atomic E-state index is 5.91. The van der Waals surface area contributed by atoms with Crippen LogP contribution >= 0.6 is 0 Å². The summed E-state index contributed by atoms with van der Waals surface area (Å²) in [6.07, 6.45) is 1.07. The molecule has 0 aliphatic carbocycles. The van der Waals surface area contributed by atoms with Crippen molar-refractivity contribution >= 4 is 10.8 Å². The van der Waals surface area contributed by atoms with Crippen LogP contribution in [-0.2, 0) is 0 Å². The number of fused-ring (bicyclic) bond motifs is 1. The van der Waals surface area contributed by atoms with Crippen LogP contribution in [0.4, 0.5) is 0 Å². The smallest absolute Gasteiger partial charge is 0.127 e. The van der Waals surface area contributed by atoms with Crippen LogP contribution in [0.1, 0.15) is 13.3 Å². The highest BCUT2D eigenvalue weighted by Crippen LogP contribution is 2.25. The molecule has 2 rings (SSSR count). The molecule has 0 amide bonds. The minimum atomic E-state index is 0.643. The van der Waals surface area contributed by atoms with Gasteiger partial charge in [-0.1, -0.05) is 43.3 Å². The van der Waals surface area contributed by atoms with E-state index in [0.717, 1.165) is 25.3 Å². The molecule has 96 valence electrons. The van der Waals surface area contributed by atoms with Crippen LogP contribution < -0.4 is 10.1 Å². The van der Waals surface area contributed by atoms with E-state index in [-0.39, 0.29) is 0 Å².